The summed E-state index contributed by atoms with van der Waals surface area (Å²) in [5.74, 6) is 0.306. The van der Waals surface area contributed by atoms with E-state index in [0.717, 1.165) is 6.42 Å². The van der Waals surface area contributed by atoms with Crippen LogP contribution in [0.4, 0.5) is 0 Å². The summed E-state index contributed by atoms with van der Waals surface area (Å²) in [6.07, 6.45) is 3.10. The van der Waals surface area contributed by atoms with E-state index in [1.54, 1.807) is 0 Å². The molecule has 0 aliphatic carbocycles. The van der Waals surface area contributed by atoms with Crippen LogP contribution in [-0.4, -0.2) is 16.1 Å². The number of nitrogens with one attached hydrogen (secondary N) is 1. The second-order valence-corrected chi connectivity index (χ2v) is 7.07. The Morgan fingerprint density at radius 1 is 1.08 bits per heavy atom. The predicted molar refractivity (Wildman–Crippen MR) is 106 cm³/mol. The number of rotatable bonds is 4. The molecule has 0 spiro atoms. The monoisotopic (exact) mass is 331 g/mol. The Morgan fingerprint density at radius 2 is 1.88 bits per heavy atom. The summed E-state index contributed by atoms with van der Waals surface area (Å²) in [5.41, 5.74) is 14.1. The topological polar surface area (TPSA) is 46.7 Å². The molecule has 0 aliphatic rings. The number of nitrogens with two attached hydrogens (primary N) is 1. The van der Waals surface area contributed by atoms with Gasteiger partial charge in [-0.15, -0.1) is 0 Å². The average Bonchev–Trinajstić information content (AvgIpc) is 3.14. The van der Waals surface area contributed by atoms with E-state index in [-0.39, 0.29) is 0 Å². The van der Waals surface area contributed by atoms with Crippen LogP contribution < -0.4 is 5.73 Å². The molecular formula is C22H25N3. The van der Waals surface area contributed by atoms with Gasteiger partial charge < -0.3 is 15.3 Å². The van der Waals surface area contributed by atoms with Crippen LogP contribution in [0.3, 0.4) is 0 Å². The Morgan fingerprint density at radius 3 is 2.68 bits per heavy atom. The van der Waals surface area contributed by atoms with E-state index in [1.807, 2.05) is 0 Å². The summed E-state index contributed by atoms with van der Waals surface area (Å²) < 4.78 is 2.29. The number of fused-ring (bicyclic) bond motifs is 2. The first-order chi connectivity index (χ1) is 12.1. The summed E-state index contributed by atoms with van der Waals surface area (Å²) >= 11 is 0. The zero-order valence-corrected chi connectivity index (χ0v) is 15.1. The lowest BCUT2D eigenvalue weighted by Gasteiger charge is -2.15. The number of hydrogen-bond acceptors (Lipinski definition) is 1. The minimum absolute atomic E-state index is 0.306. The van der Waals surface area contributed by atoms with Gasteiger partial charge in [-0.3, -0.25) is 0 Å². The fraction of sp³-hybridized carbons (Fsp3) is 0.273. The van der Waals surface area contributed by atoms with Crippen molar-refractivity contribution < 1.29 is 0 Å². The molecule has 3 nitrogen and oxygen atoms in total. The summed E-state index contributed by atoms with van der Waals surface area (Å²) in [6.45, 7) is 4.99. The lowest BCUT2D eigenvalue weighted by atomic mass is 9.90. The summed E-state index contributed by atoms with van der Waals surface area (Å²) in [4.78, 5) is 3.41. The third-order valence-electron chi connectivity index (χ3n) is 5.57. The van der Waals surface area contributed by atoms with Gasteiger partial charge in [0.1, 0.15) is 0 Å². The van der Waals surface area contributed by atoms with E-state index >= 15 is 0 Å². The van der Waals surface area contributed by atoms with Gasteiger partial charge in [0.25, 0.3) is 0 Å². The highest BCUT2D eigenvalue weighted by Gasteiger charge is 2.19. The molecule has 4 aromatic rings. The Labute approximate surface area is 148 Å². The number of para-hydroxylation sites is 1. The highest BCUT2D eigenvalue weighted by Crippen LogP contribution is 2.33. The third-order valence-corrected chi connectivity index (χ3v) is 5.57. The van der Waals surface area contributed by atoms with Gasteiger partial charge in [-0.05, 0) is 56.1 Å². The van der Waals surface area contributed by atoms with Crippen molar-refractivity contribution in [1.29, 1.82) is 0 Å². The lowest BCUT2D eigenvalue weighted by molar-refractivity contribution is 0.696. The van der Waals surface area contributed by atoms with E-state index in [4.69, 9.17) is 5.73 Å². The van der Waals surface area contributed by atoms with Crippen LogP contribution in [0.1, 0.15) is 28.3 Å². The standard InChI is InChI=1S/C22H25N3/c1-14-8-9-21-19(10-14)20(13-24-21)16(12-23)11-18-15(2)25(3)22-7-5-4-6-17(18)22/h4-10,13,16,24H,11-12,23H2,1-3H3. The van der Waals surface area contributed by atoms with Crippen molar-refractivity contribution in [3.05, 3.63) is 71.0 Å². The molecule has 0 saturated heterocycles. The third kappa shape index (κ3) is 2.56. The molecule has 0 fully saturated rings. The zero-order chi connectivity index (χ0) is 17.6. The van der Waals surface area contributed by atoms with Gasteiger partial charge in [0, 0.05) is 46.7 Å². The number of benzene rings is 2. The first-order valence-corrected chi connectivity index (χ1v) is 8.90. The smallest absolute Gasteiger partial charge is 0.0482 e. The fourth-order valence-corrected chi connectivity index (χ4v) is 4.02. The molecule has 0 saturated carbocycles. The first-order valence-electron chi connectivity index (χ1n) is 8.90. The Kier molecular flexibility index (Phi) is 3.89. The Bertz CT molecular complexity index is 1050. The van der Waals surface area contributed by atoms with Crippen molar-refractivity contribution in [3.8, 4) is 0 Å². The van der Waals surface area contributed by atoms with Gasteiger partial charge in [0.05, 0.1) is 0 Å². The van der Waals surface area contributed by atoms with Crippen molar-refractivity contribution >= 4 is 21.8 Å². The minimum Gasteiger partial charge on any atom is -0.361 e. The summed E-state index contributed by atoms with van der Waals surface area (Å²) in [7, 11) is 2.15. The van der Waals surface area contributed by atoms with Crippen molar-refractivity contribution in [3.63, 3.8) is 0 Å². The van der Waals surface area contributed by atoms with Crippen molar-refractivity contribution in [1.82, 2.24) is 9.55 Å². The molecule has 0 amide bonds. The van der Waals surface area contributed by atoms with Gasteiger partial charge in [0.15, 0.2) is 0 Å². The number of hydrogen-bond donors (Lipinski definition) is 2. The molecule has 2 aromatic heterocycles. The van der Waals surface area contributed by atoms with Crippen molar-refractivity contribution in [2.24, 2.45) is 12.8 Å². The molecule has 0 aliphatic heterocycles. The van der Waals surface area contributed by atoms with Gasteiger partial charge in [-0.2, -0.15) is 0 Å². The Balaban J connectivity index is 1.81. The average molecular weight is 331 g/mol. The number of H-pyrrole nitrogens is 1. The van der Waals surface area contributed by atoms with Crippen LogP contribution in [0.15, 0.2) is 48.7 Å². The molecule has 4 rings (SSSR count). The van der Waals surface area contributed by atoms with E-state index < -0.39 is 0 Å². The molecule has 1 unspecified atom stereocenters. The van der Waals surface area contributed by atoms with Gasteiger partial charge in [-0.1, -0.05) is 29.8 Å². The second kappa shape index (κ2) is 6.08. The number of nitrogens with zero attached hydrogens (tertiary/aromatic N) is 1. The maximum atomic E-state index is 6.22. The van der Waals surface area contributed by atoms with E-state index in [1.165, 1.54) is 44.2 Å². The van der Waals surface area contributed by atoms with Crippen molar-refractivity contribution in [2.75, 3.05) is 6.54 Å². The molecule has 0 radical (unpaired) electrons. The summed E-state index contributed by atoms with van der Waals surface area (Å²) in [6, 6.07) is 15.2. The zero-order valence-electron chi connectivity index (χ0n) is 15.1. The van der Waals surface area contributed by atoms with E-state index in [0.29, 0.717) is 12.5 Å². The molecular weight excluding hydrogens is 306 g/mol. The van der Waals surface area contributed by atoms with Crippen molar-refractivity contribution in [2.45, 2.75) is 26.2 Å². The molecule has 0 bridgehead atoms. The molecule has 1 atom stereocenters. The normalized spacial score (nSPS) is 13.0. The predicted octanol–water partition coefficient (Wildman–Crippen LogP) is 4.56. The number of aromatic nitrogens is 2. The maximum Gasteiger partial charge on any atom is 0.0482 e. The fourth-order valence-electron chi connectivity index (χ4n) is 4.02. The highest BCUT2D eigenvalue weighted by molar-refractivity contribution is 5.87. The van der Waals surface area contributed by atoms with Gasteiger partial charge in [0.2, 0.25) is 0 Å². The second-order valence-electron chi connectivity index (χ2n) is 7.07. The lowest BCUT2D eigenvalue weighted by Crippen LogP contribution is -2.15. The van der Waals surface area contributed by atoms with E-state index in [9.17, 15) is 0 Å². The highest BCUT2D eigenvalue weighted by atomic mass is 14.9. The van der Waals surface area contributed by atoms with Crippen LogP contribution >= 0.6 is 0 Å². The van der Waals surface area contributed by atoms with Gasteiger partial charge >= 0.3 is 0 Å². The summed E-state index contributed by atoms with van der Waals surface area (Å²) in [5, 5.41) is 2.64. The molecule has 3 N–H and O–H groups in total. The quantitative estimate of drug-likeness (QED) is 0.566. The van der Waals surface area contributed by atoms with Crippen LogP contribution in [0.5, 0.6) is 0 Å². The molecule has 3 heteroatoms. The maximum absolute atomic E-state index is 6.22. The molecule has 25 heavy (non-hydrogen) atoms. The molecule has 2 heterocycles. The Hall–Kier alpha value is -2.52. The van der Waals surface area contributed by atoms with E-state index in [2.05, 4.69) is 79.1 Å². The number of aromatic amines is 1. The van der Waals surface area contributed by atoms with Crippen LogP contribution in [0.25, 0.3) is 21.8 Å². The van der Waals surface area contributed by atoms with Crippen LogP contribution in [-0.2, 0) is 13.5 Å². The minimum atomic E-state index is 0.306. The first kappa shape index (κ1) is 16.0. The molecule has 2 aromatic carbocycles. The largest absolute Gasteiger partial charge is 0.361 e. The number of aryl methyl sites for hydroxylation is 2. The molecule has 128 valence electrons. The van der Waals surface area contributed by atoms with Crippen LogP contribution in [0, 0.1) is 13.8 Å². The SMILES string of the molecule is Cc1ccc2[nH]cc(C(CN)Cc3c(C)n(C)c4ccccc34)c2c1. The van der Waals surface area contributed by atoms with Crippen LogP contribution in [0.2, 0.25) is 0 Å². The van der Waals surface area contributed by atoms with Gasteiger partial charge in [-0.25, -0.2) is 0 Å².